The number of anilines is 1. The second-order valence-corrected chi connectivity index (χ2v) is 2.49. The Morgan fingerprint density at radius 3 is 3.00 bits per heavy atom. The van der Waals surface area contributed by atoms with Gasteiger partial charge in [0.25, 0.3) is 5.88 Å². The molecule has 1 aromatic rings. The molecule has 5 heteroatoms. The number of aryl methyl sites for hydroxylation is 1. The van der Waals surface area contributed by atoms with Crippen molar-refractivity contribution in [1.82, 2.24) is 9.78 Å². The van der Waals surface area contributed by atoms with Gasteiger partial charge in [-0.15, -0.1) is 5.10 Å². The van der Waals surface area contributed by atoms with Gasteiger partial charge < -0.3 is 15.6 Å². The standard InChI is InChI=1S/C7H13N3O2/c1-10-5-6(8)7(9-10)12-4-2-3-11/h5,11H,2-4,8H2,1H3. The first kappa shape index (κ1) is 8.86. The van der Waals surface area contributed by atoms with Crippen LogP contribution in [-0.2, 0) is 7.05 Å². The van der Waals surface area contributed by atoms with E-state index in [0.29, 0.717) is 24.6 Å². The molecular weight excluding hydrogens is 158 g/mol. The predicted molar refractivity (Wildman–Crippen MR) is 44.8 cm³/mol. The van der Waals surface area contributed by atoms with Crippen LogP contribution in [0.5, 0.6) is 5.88 Å². The highest BCUT2D eigenvalue weighted by atomic mass is 16.5. The van der Waals surface area contributed by atoms with Crippen LogP contribution in [0.4, 0.5) is 5.69 Å². The molecule has 0 aliphatic heterocycles. The van der Waals surface area contributed by atoms with Gasteiger partial charge in [0.2, 0.25) is 0 Å². The molecule has 0 amide bonds. The number of aliphatic hydroxyl groups excluding tert-OH is 1. The number of ether oxygens (including phenoxy) is 1. The first-order valence-electron chi connectivity index (χ1n) is 3.77. The third-order valence-corrected chi connectivity index (χ3v) is 1.36. The fourth-order valence-corrected chi connectivity index (χ4v) is 0.832. The largest absolute Gasteiger partial charge is 0.475 e. The molecule has 0 fully saturated rings. The van der Waals surface area contributed by atoms with E-state index >= 15 is 0 Å². The molecule has 0 aromatic carbocycles. The minimum absolute atomic E-state index is 0.118. The van der Waals surface area contributed by atoms with Crippen LogP contribution in [-0.4, -0.2) is 28.1 Å². The molecule has 1 aromatic heterocycles. The second kappa shape index (κ2) is 3.96. The van der Waals surface area contributed by atoms with Crippen LogP contribution in [0.25, 0.3) is 0 Å². The lowest BCUT2D eigenvalue weighted by molar-refractivity contribution is 0.229. The molecule has 0 spiro atoms. The summed E-state index contributed by atoms with van der Waals surface area (Å²) in [5.41, 5.74) is 6.08. The molecule has 0 saturated heterocycles. The van der Waals surface area contributed by atoms with Gasteiger partial charge in [-0.25, -0.2) is 0 Å². The fourth-order valence-electron chi connectivity index (χ4n) is 0.832. The maximum absolute atomic E-state index is 8.48. The number of nitrogen functional groups attached to an aromatic ring is 1. The highest BCUT2D eigenvalue weighted by Gasteiger charge is 2.03. The Morgan fingerprint density at radius 1 is 1.75 bits per heavy atom. The van der Waals surface area contributed by atoms with Crippen molar-refractivity contribution in [3.63, 3.8) is 0 Å². The van der Waals surface area contributed by atoms with Crippen molar-refractivity contribution in [3.8, 4) is 5.88 Å². The van der Waals surface area contributed by atoms with Gasteiger partial charge in [-0.1, -0.05) is 0 Å². The van der Waals surface area contributed by atoms with Crippen molar-refractivity contribution >= 4 is 5.69 Å². The van der Waals surface area contributed by atoms with Gasteiger partial charge in [-0.3, -0.25) is 4.68 Å². The summed E-state index contributed by atoms with van der Waals surface area (Å²) in [5, 5.41) is 12.5. The normalized spacial score (nSPS) is 10.2. The van der Waals surface area contributed by atoms with Gasteiger partial charge in [-0.05, 0) is 0 Å². The molecular formula is C7H13N3O2. The molecule has 5 nitrogen and oxygen atoms in total. The molecule has 3 N–H and O–H groups in total. The van der Waals surface area contributed by atoms with Crippen molar-refractivity contribution in [3.05, 3.63) is 6.20 Å². The maximum Gasteiger partial charge on any atom is 0.256 e. The molecule has 0 aliphatic rings. The van der Waals surface area contributed by atoms with Crippen molar-refractivity contribution < 1.29 is 9.84 Å². The van der Waals surface area contributed by atoms with Gasteiger partial charge in [0.1, 0.15) is 5.69 Å². The number of aromatic nitrogens is 2. The van der Waals surface area contributed by atoms with Crippen molar-refractivity contribution in [1.29, 1.82) is 0 Å². The van der Waals surface area contributed by atoms with Crippen molar-refractivity contribution in [2.24, 2.45) is 7.05 Å². The van der Waals surface area contributed by atoms with Gasteiger partial charge in [0.15, 0.2) is 0 Å². The summed E-state index contributed by atoms with van der Waals surface area (Å²) in [5.74, 6) is 0.436. The average Bonchev–Trinajstić information content (AvgIpc) is 2.31. The monoisotopic (exact) mass is 171 g/mol. The number of nitrogens with zero attached hydrogens (tertiary/aromatic N) is 2. The zero-order chi connectivity index (χ0) is 8.97. The average molecular weight is 171 g/mol. The van der Waals surface area contributed by atoms with E-state index in [1.165, 1.54) is 0 Å². The number of rotatable bonds is 4. The van der Waals surface area contributed by atoms with Crippen LogP contribution in [0.2, 0.25) is 0 Å². The molecule has 12 heavy (non-hydrogen) atoms. The number of aliphatic hydroxyl groups is 1. The lowest BCUT2D eigenvalue weighted by Crippen LogP contribution is -2.02. The predicted octanol–water partition coefficient (Wildman–Crippen LogP) is -0.237. The van der Waals surface area contributed by atoms with E-state index < -0.39 is 0 Å². The molecule has 0 aliphatic carbocycles. The van der Waals surface area contributed by atoms with Crippen LogP contribution in [0.15, 0.2) is 6.20 Å². The third kappa shape index (κ3) is 2.13. The Hall–Kier alpha value is -1.23. The summed E-state index contributed by atoms with van der Waals surface area (Å²) in [6.45, 7) is 0.560. The SMILES string of the molecule is Cn1cc(N)c(OCCCO)n1. The van der Waals surface area contributed by atoms with Crippen molar-refractivity contribution in [2.45, 2.75) is 6.42 Å². The molecule has 0 unspecified atom stereocenters. The van der Waals surface area contributed by atoms with E-state index in [1.54, 1.807) is 17.9 Å². The third-order valence-electron chi connectivity index (χ3n) is 1.36. The van der Waals surface area contributed by atoms with E-state index in [0.717, 1.165) is 0 Å². The summed E-state index contributed by atoms with van der Waals surface area (Å²) in [6, 6.07) is 0. The molecule has 68 valence electrons. The zero-order valence-corrected chi connectivity index (χ0v) is 7.03. The Labute approximate surface area is 70.7 Å². The summed E-state index contributed by atoms with van der Waals surface area (Å²) in [4.78, 5) is 0. The van der Waals surface area contributed by atoms with Crippen LogP contribution >= 0.6 is 0 Å². The van der Waals surface area contributed by atoms with E-state index in [-0.39, 0.29) is 6.61 Å². The van der Waals surface area contributed by atoms with Crippen LogP contribution < -0.4 is 10.5 Å². The summed E-state index contributed by atoms with van der Waals surface area (Å²) in [6.07, 6.45) is 2.27. The Kier molecular flexibility index (Phi) is 2.93. The van der Waals surface area contributed by atoms with E-state index in [1.807, 2.05) is 0 Å². The molecule has 0 saturated carbocycles. The fraction of sp³-hybridized carbons (Fsp3) is 0.571. The lowest BCUT2D eigenvalue weighted by Gasteiger charge is -2.00. The molecule has 0 atom stereocenters. The topological polar surface area (TPSA) is 73.3 Å². The van der Waals surface area contributed by atoms with Gasteiger partial charge in [0, 0.05) is 20.1 Å². The van der Waals surface area contributed by atoms with Gasteiger partial charge in [-0.2, -0.15) is 0 Å². The van der Waals surface area contributed by atoms with Crippen LogP contribution in [0, 0.1) is 0 Å². The van der Waals surface area contributed by atoms with E-state index in [9.17, 15) is 0 Å². The smallest absolute Gasteiger partial charge is 0.256 e. The minimum atomic E-state index is 0.118. The van der Waals surface area contributed by atoms with Gasteiger partial charge in [0.05, 0.1) is 12.8 Å². The number of nitrogens with two attached hydrogens (primary N) is 1. The quantitative estimate of drug-likeness (QED) is 0.613. The first-order chi connectivity index (χ1) is 5.74. The highest BCUT2D eigenvalue weighted by Crippen LogP contribution is 2.16. The van der Waals surface area contributed by atoms with Crippen LogP contribution in [0.1, 0.15) is 6.42 Å². The lowest BCUT2D eigenvalue weighted by atomic mass is 10.5. The van der Waals surface area contributed by atoms with Crippen molar-refractivity contribution in [2.75, 3.05) is 18.9 Å². The molecule has 0 radical (unpaired) electrons. The van der Waals surface area contributed by atoms with E-state index in [4.69, 9.17) is 15.6 Å². The Balaban J connectivity index is 2.45. The van der Waals surface area contributed by atoms with Crippen LogP contribution in [0.3, 0.4) is 0 Å². The maximum atomic E-state index is 8.48. The summed E-state index contributed by atoms with van der Waals surface area (Å²) in [7, 11) is 1.77. The molecule has 1 rings (SSSR count). The molecule has 0 bridgehead atoms. The summed E-state index contributed by atoms with van der Waals surface area (Å²) >= 11 is 0. The molecule has 1 heterocycles. The first-order valence-corrected chi connectivity index (χ1v) is 3.77. The number of hydrogen-bond acceptors (Lipinski definition) is 4. The highest BCUT2D eigenvalue weighted by molar-refractivity contribution is 5.45. The number of hydrogen-bond donors (Lipinski definition) is 2. The zero-order valence-electron chi connectivity index (χ0n) is 7.03. The second-order valence-electron chi connectivity index (χ2n) is 2.49. The van der Waals surface area contributed by atoms with Gasteiger partial charge >= 0.3 is 0 Å². The Bertz CT molecular complexity index is 247. The van der Waals surface area contributed by atoms with E-state index in [2.05, 4.69) is 5.10 Å². The Morgan fingerprint density at radius 2 is 2.50 bits per heavy atom. The summed E-state index contributed by atoms with van der Waals surface area (Å²) < 4.78 is 6.77. The minimum Gasteiger partial charge on any atom is -0.475 e.